The third kappa shape index (κ3) is 3.31. The van der Waals surface area contributed by atoms with E-state index >= 15 is 0 Å². The number of thiocarbonyl (C=S) groups is 1. The van der Waals surface area contributed by atoms with Crippen LogP contribution in [0.25, 0.3) is 6.08 Å². The van der Waals surface area contributed by atoms with Gasteiger partial charge < -0.3 is 20.4 Å². The van der Waals surface area contributed by atoms with Gasteiger partial charge in [0, 0.05) is 6.54 Å². The largest absolute Gasteiger partial charge is 0.504 e. The summed E-state index contributed by atoms with van der Waals surface area (Å²) in [6, 6.07) is 2.36. The Morgan fingerprint density at radius 2 is 1.86 bits per heavy atom. The summed E-state index contributed by atoms with van der Waals surface area (Å²) < 4.78 is 0.240. The lowest BCUT2D eigenvalue weighted by atomic mass is 10.1. The van der Waals surface area contributed by atoms with Gasteiger partial charge in [0.1, 0.15) is 4.32 Å². The highest BCUT2D eigenvalue weighted by molar-refractivity contribution is 8.26. The summed E-state index contributed by atoms with van der Waals surface area (Å²) in [5.74, 6) is -3.17. The molecule has 1 saturated heterocycles. The molecule has 1 heterocycles. The van der Waals surface area contributed by atoms with Gasteiger partial charge in [0.2, 0.25) is 0 Å². The first-order chi connectivity index (χ1) is 10.3. The number of hydrogen-bond donors (Lipinski definition) is 4. The Hall–Kier alpha value is -2.26. The van der Waals surface area contributed by atoms with E-state index in [0.717, 1.165) is 11.8 Å². The molecule has 1 aliphatic heterocycles. The number of amides is 1. The van der Waals surface area contributed by atoms with Crippen LogP contribution in [0.1, 0.15) is 12.0 Å². The highest BCUT2D eigenvalue weighted by atomic mass is 32.2. The van der Waals surface area contributed by atoms with Crippen molar-refractivity contribution in [1.29, 1.82) is 0 Å². The van der Waals surface area contributed by atoms with E-state index in [2.05, 4.69) is 0 Å². The molecule has 7 nitrogen and oxygen atoms in total. The fourth-order valence-electron chi connectivity index (χ4n) is 1.76. The molecule has 0 aromatic heterocycles. The van der Waals surface area contributed by atoms with Gasteiger partial charge in [-0.15, -0.1) is 0 Å². The summed E-state index contributed by atoms with van der Waals surface area (Å²) in [6.45, 7) is -0.0244. The fourth-order valence-corrected chi connectivity index (χ4v) is 3.07. The Labute approximate surface area is 134 Å². The van der Waals surface area contributed by atoms with Crippen LogP contribution in [-0.4, -0.2) is 48.1 Å². The van der Waals surface area contributed by atoms with E-state index in [9.17, 15) is 24.9 Å². The zero-order valence-corrected chi connectivity index (χ0v) is 12.6. The highest BCUT2D eigenvalue weighted by Crippen LogP contribution is 2.38. The maximum absolute atomic E-state index is 12.2. The maximum atomic E-state index is 12.2. The summed E-state index contributed by atoms with van der Waals surface area (Å²) in [7, 11) is 0. The summed E-state index contributed by atoms with van der Waals surface area (Å²) in [5.41, 5.74) is 0.298. The third-order valence-electron chi connectivity index (χ3n) is 2.81. The number of hydrogen-bond acceptors (Lipinski definition) is 7. The molecule has 0 bridgehead atoms. The molecular weight excluding hydrogens is 330 g/mol. The van der Waals surface area contributed by atoms with Crippen LogP contribution in [0.5, 0.6) is 17.2 Å². The van der Waals surface area contributed by atoms with Crippen LogP contribution < -0.4 is 0 Å². The van der Waals surface area contributed by atoms with Gasteiger partial charge in [0.15, 0.2) is 17.2 Å². The molecule has 0 atom stereocenters. The first-order valence-corrected chi connectivity index (χ1v) is 7.24. The molecule has 116 valence electrons. The number of thioether (sulfide) groups is 1. The zero-order valence-electron chi connectivity index (χ0n) is 11.0. The lowest BCUT2D eigenvalue weighted by Crippen LogP contribution is -2.30. The van der Waals surface area contributed by atoms with E-state index in [4.69, 9.17) is 17.3 Å². The summed E-state index contributed by atoms with van der Waals surface area (Å²) in [5, 5.41) is 36.8. The lowest BCUT2D eigenvalue weighted by molar-refractivity contribution is -0.137. The van der Waals surface area contributed by atoms with E-state index in [1.54, 1.807) is 0 Å². The number of carbonyl (C=O) groups is 2. The van der Waals surface area contributed by atoms with Crippen molar-refractivity contribution in [2.45, 2.75) is 6.42 Å². The van der Waals surface area contributed by atoms with E-state index in [-0.39, 0.29) is 22.2 Å². The molecule has 2 rings (SSSR count). The average molecular weight is 341 g/mol. The number of carboxylic acid groups (broad SMARTS) is 1. The number of nitrogens with zero attached hydrogens (tertiary/aromatic N) is 1. The second-order valence-electron chi connectivity index (χ2n) is 4.38. The minimum absolute atomic E-state index is 0.0244. The van der Waals surface area contributed by atoms with E-state index in [1.807, 2.05) is 0 Å². The fraction of sp³-hybridized carbons (Fsp3) is 0.154. The topological polar surface area (TPSA) is 118 Å². The second kappa shape index (κ2) is 6.24. The smallest absolute Gasteiger partial charge is 0.305 e. The molecule has 0 spiro atoms. The highest BCUT2D eigenvalue weighted by Gasteiger charge is 2.32. The Morgan fingerprint density at radius 1 is 1.27 bits per heavy atom. The van der Waals surface area contributed by atoms with Gasteiger partial charge in [-0.2, -0.15) is 0 Å². The molecule has 0 unspecified atom stereocenters. The Bertz CT molecular complexity index is 677. The molecule has 0 saturated carbocycles. The van der Waals surface area contributed by atoms with Crippen LogP contribution in [0.2, 0.25) is 0 Å². The molecule has 1 aromatic carbocycles. The van der Waals surface area contributed by atoms with Gasteiger partial charge in [0.25, 0.3) is 5.91 Å². The predicted octanol–water partition coefficient (Wildman–Crippen LogP) is 1.48. The average Bonchev–Trinajstić information content (AvgIpc) is 2.68. The van der Waals surface area contributed by atoms with Crippen molar-refractivity contribution < 1.29 is 30.0 Å². The van der Waals surface area contributed by atoms with Gasteiger partial charge in [-0.1, -0.05) is 24.0 Å². The van der Waals surface area contributed by atoms with Crippen LogP contribution in [0.15, 0.2) is 17.0 Å². The van der Waals surface area contributed by atoms with Crippen molar-refractivity contribution in [3.05, 3.63) is 22.6 Å². The van der Waals surface area contributed by atoms with E-state index in [1.165, 1.54) is 23.1 Å². The van der Waals surface area contributed by atoms with Crippen LogP contribution >= 0.6 is 24.0 Å². The molecule has 4 N–H and O–H groups in total. The first-order valence-electron chi connectivity index (χ1n) is 6.01. The van der Waals surface area contributed by atoms with E-state index < -0.39 is 29.1 Å². The maximum Gasteiger partial charge on any atom is 0.305 e. The molecule has 1 amide bonds. The second-order valence-corrected chi connectivity index (χ2v) is 6.06. The molecule has 0 radical (unpaired) electrons. The summed E-state index contributed by atoms with van der Waals surface area (Å²) >= 11 is 6.03. The number of phenolic OH excluding ortho intramolecular Hbond substituents is 3. The number of benzene rings is 1. The number of carbonyl (C=O) groups excluding carboxylic acids is 1. The van der Waals surface area contributed by atoms with Crippen molar-refractivity contribution in [3.63, 3.8) is 0 Å². The van der Waals surface area contributed by atoms with E-state index in [0.29, 0.717) is 5.56 Å². The molecule has 0 aliphatic carbocycles. The van der Waals surface area contributed by atoms with Crippen molar-refractivity contribution >= 4 is 46.3 Å². The SMILES string of the molecule is O=C(O)CCN1C(=O)/C(=C/c2cc(O)c(O)c(O)c2)SC1=S. The summed E-state index contributed by atoms with van der Waals surface area (Å²) in [6.07, 6.45) is 1.17. The zero-order chi connectivity index (χ0) is 16.4. The number of carboxylic acids is 1. The van der Waals surface area contributed by atoms with Gasteiger partial charge in [-0.3, -0.25) is 14.5 Å². The van der Waals surface area contributed by atoms with Crippen LogP contribution in [0.4, 0.5) is 0 Å². The quantitative estimate of drug-likeness (QED) is 0.369. The van der Waals surface area contributed by atoms with Crippen molar-refractivity contribution in [3.8, 4) is 17.2 Å². The third-order valence-corrected chi connectivity index (χ3v) is 4.19. The predicted molar refractivity (Wildman–Crippen MR) is 83.6 cm³/mol. The summed E-state index contributed by atoms with van der Waals surface area (Å²) in [4.78, 5) is 24.1. The number of rotatable bonds is 4. The Balaban J connectivity index is 2.25. The Kier molecular flexibility index (Phi) is 4.57. The van der Waals surface area contributed by atoms with Crippen LogP contribution in [0.3, 0.4) is 0 Å². The normalized spacial score (nSPS) is 16.5. The number of phenols is 3. The van der Waals surface area contributed by atoms with Crippen LogP contribution in [0, 0.1) is 0 Å². The first kappa shape index (κ1) is 16.1. The number of aliphatic carboxylic acids is 1. The standard InChI is InChI=1S/C13H11NO6S2/c15-7-3-6(4-8(16)11(7)19)5-9-12(20)14(13(21)22-9)2-1-10(17)18/h3-5,15-16,19H,1-2H2,(H,17,18)/b9-5-. The van der Waals surface area contributed by atoms with Gasteiger partial charge >= 0.3 is 5.97 Å². The molecule has 9 heteroatoms. The minimum Gasteiger partial charge on any atom is -0.504 e. The van der Waals surface area contributed by atoms with Gasteiger partial charge in [-0.05, 0) is 23.8 Å². The molecule has 1 aromatic rings. The van der Waals surface area contributed by atoms with Gasteiger partial charge in [0.05, 0.1) is 11.3 Å². The van der Waals surface area contributed by atoms with Crippen molar-refractivity contribution in [2.75, 3.05) is 6.54 Å². The molecule has 22 heavy (non-hydrogen) atoms. The Morgan fingerprint density at radius 3 is 2.41 bits per heavy atom. The lowest BCUT2D eigenvalue weighted by Gasteiger charge is -2.12. The molecular formula is C13H11NO6S2. The van der Waals surface area contributed by atoms with Crippen molar-refractivity contribution in [2.24, 2.45) is 0 Å². The monoisotopic (exact) mass is 341 g/mol. The van der Waals surface area contributed by atoms with Crippen LogP contribution in [-0.2, 0) is 9.59 Å². The molecule has 1 fully saturated rings. The van der Waals surface area contributed by atoms with Gasteiger partial charge in [-0.25, -0.2) is 0 Å². The minimum atomic E-state index is -1.04. The number of aromatic hydroxyl groups is 3. The molecule has 1 aliphatic rings. The van der Waals surface area contributed by atoms with Crippen molar-refractivity contribution in [1.82, 2.24) is 4.90 Å².